The van der Waals surface area contributed by atoms with Gasteiger partial charge in [-0.15, -0.1) is 0 Å². The smallest absolute Gasteiger partial charge is 0.263 e. The minimum Gasteiger partial charge on any atom is -0.494 e. The summed E-state index contributed by atoms with van der Waals surface area (Å²) in [6.07, 6.45) is 2.34. The van der Waals surface area contributed by atoms with Crippen LogP contribution in [0.1, 0.15) is 19.6 Å². The molecule has 2 aromatic carbocycles. The molecule has 0 saturated heterocycles. The van der Waals surface area contributed by atoms with Crippen molar-refractivity contribution in [2.75, 3.05) is 17.2 Å². The second-order valence-electron chi connectivity index (χ2n) is 7.22. The minimum absolute atomic E-state index is 0.327. The van der Waals surface area contributed by atoms with Gasteiger partial charge in [-0.2, -0.15) is 5.10 Å². The third-order valence-corrected chi connectivity index (χ3v) is 6.47. The lowest BCUT2D eigenvalue weighted by Gasteiger charge is -2.27. The number of hydrogen-bond acceptors (Lipinski definition) is 6. The first-order valence-corrected chi connectivity index (χ1v) is 12.8. The molecule has 0 unspecified atom stereocenters. The van der Waals surface area contributed by atoms with Crippen molar-refractivity contribution >= 4 is 51.0 Å². The number of amides is 1. The van der Waals surface area contributed by atoms with Crippen molar-refractivity contribution < 1.29 is 22.4 Å². The minimum atomic E-state index is -3.76. The van der Waals surface area contributed by atoms with Crippen molar-refractivity contribution in [3.63, 3.8) is 0 Å². The molecule has 34 heavy (non-hydrogen) atoms. The Morgan fingerprint density at radius 3 is 2.50 bits per heavy atom. The maximum absolute atomic E-state index is 12.7. The first kappa shape index (κ1) is 25.6. The largest absolute Gasteiger partial charge is 0.494 e. The van der Waals surface area contributed by atoms with Crippen LogP contribution in [0.3, 0.4) is 0 Å². The molecule has 0 saturated carbocycles. The predicted octanol–water partition coefficient (Wildman–Crippen LogP) is 4.96. The van der Waals surface area contributed by atoms with Gasteiger partial charge in [-0.1, -0.05) is 23.2 Å². The summed E-state index contributed by atoms with van der Waals surface area (Å²) in [5, 5.41) is 4.83. The van der Waals surface area contributed by atoms with Crippen LogP contribution in [0.2, 0.25) is 10.0 Å². The Kier molecular flexibility index (Phi) is 8.24. The molecule has 3 aromatic rings. The van der Waals surface area contributed by atoms with Crippen LogP contribution in [0, 0.1) is 0 Å². The maximum Gasteiger partial charge on any atom is 0.263 e. The topological polar surface area (TPSA) is 101 Å². The number of rotatable bonds is 9. The second kappa shape index (κ2) is 10.9. The molecule has 0 bridgehead atoms. The summed E-state index contributed by atoms with van der Waals surface area (Å²) in [6, 6.07) is 13.8. The lowest BCUT2D eigenvalue weighted by atomic mass is 10.2. The number of benzene rings is 2. The van der Waals surface area contributed by atoms with E-state index in [1.165, 1.54) is 13.1 Å². The summed E-state index contributed by atoms with van der Waals surface area (Å²) < 4.78 is 36.9. The van der Waals surface area contributed by atoms with E-state index in [2.05, 4.69) is 10.5 Å². The molecule has 1 aromatic heterocycles. The SMILES string of the molecule is CCOc1ccc(N([C@H](C)C(=O)N/N=C\c2ccc(-c3ccc(Cl)cc3Cl)o2)S(C)(=O)=O)cc1. The van der Waals surface area contributed by atoms with E-state index < -0.39 is 22.0 Å². The van der Waals surface area contributed by atoms with E-state index >= 15 is 0 Å². The van der Waals surface area contributed by atoms with Crippen LogP contribution in [0.25, 0.3) is 11.3 Å². The van der Waals surface area contributed by atoms with E-state index in [4.69, 9.17) is 32.4 Å². The first-order valence-electron chi connectivity index (χ1n) is 10.2. The van der Waals surface area contributed by atoms with Crippen LogP contribution in [0.5, 0.6) is 5.75 Å². The van der Waals surface area contributed by atoms with Crippen LogP contribution in [0.15, 0.2) is 64.1 Å². The Bertz CT molecular complexity index is 1290. The number of ether oxygens (including phenoxy) is 1. The summed E-state index contributed by atoms with van der Waals surface area (Å²) in [5.41, 5.74) is 3.33. The number of sulfonamides is 1. The van der Waals surface area contributed by atoms with Gasteiger partial charge in [0, 0.05) is 10.6 Å². The van der Waals surface area contributed by atoms with Gasteiger partial charge in [0.2, 0.25) is 10.0 Å². The maximum atomic E-state index is 12.7. The van der Waals surface area contributed by atoms with Crippen molar-refractivity contribution in [1.29, 1.82) is 0 Å². The number of nitrogens with one attached hydrogen (secondary N) is 1. The van der Waals surface area contributed by atoms with E-state index in [1.807, 2.05) is 6.92 Å². The van der Waals surface area contributed by atoms with Crippen molar-refractivity contribution in [1.82, 2.24) is 5.43 Å². The zero-order chi connectivity index (χ0) is 24.9. The highest BCUT2D eigenvalue weighted by Crippen LogP contribution is 2.31. The molecule has 3 rings (SSSR count). The quantitative estimate of drug-likeness (QED) is 0.315. The number of furan rings is 1. The molecule has 0 aliphatic carbocycles. The van der Waals surface area contributed by atoms with Crippen molar-refractivity contribution in [3.05, 3.63) is 70.4 Å². The number of carbonyl (C=O) groups is 1. The number of halogens is 2. The number of anilines is 1. The third kappa shape index (κ3) is 6.31. The molecule has 1 atom stereocenters. The fourth-order valence-corrected chi connectivity index (χ4v) is 4.85. The van der Waals surface area contributed by atoms with Gasteiger partial charge in [0.25, 0.3) is 5.91 Å². The van der Waals surface area contributed by atoms with Crippen LogP contribution in [-0.4, -0.2) is 39.4 Å². The first-order chi connectivity index (χ1) is 16.1. The van der Waals surface area contributed by atoms with Gasteiger partial charge in [0.15, 0.2) is 0 Å². The lowest BCUT2D eigenvalue weighted by molar-refractivity contribution is -0.121. The summed E-state index contributed by atoms with van der Waals surface area (Å²) in [6.45, 7) is 3.80. The molecule has 0 radical (unpaired) electrons. The Labute approximate surface area is 208 Å². The van der Waals surface area contributed by atoms with Gasteiger partial charge in [-0.25, -0.2) is 13.8 Å². The van der Waals surface area contributed by atoms with E-state index in [-0.39, 0.29) is 0 Å². The van der Waals surface area contributed by atoms with Crippen LogP contribution in [0.4, 0.5) is 5.69 Å². The summed E-state index contributed by atoms with van der Waals surface area (Å²) in [5.74, 6) is 0.837. The summed E-state index contributed by atoms with van der Waals surface area (Å²) >= 11 is 12.1. The highest BCUT2D eigenvalue weighted by Gasteiger charge is 2.29. The predicted molar refractivity (Wildman–Crippen MR) is 134 cm³/mol. The monoisotopic (exact) mass is 523 g/mol. The van der Waals surface area contributed by atoms with Gasteiger partial charge in [-0.05, 0) is 68.4 Å². The zero-order valence-corrected chi connectivity index (χ0v) is 21.0. The second-order valence-corrected chi connectivity index (χ2v) is 9.93. The fraction of sp³-hybridized carbons (Fsp3) is 0.217. The molecular formula is C23H23Cl2N3O5S. The molecule has 0 aliphatic heterocycles. The van der Waals surface area contributed by atoms with Crippen molar-refractivity contribution in [3.8, 4) is 17.1 Å². The Morgan fingerprint density at radius 1 is 1.18 bits per heavy atom. The van der Waals surface area contributed by atoms with E-state index in [9.17, 15) is 13.2 Å². The van der Waals surface area contributed by atoms with Crippen molar-refractivity contribution in [2.45, 2.75) is 19.9 Å². The average Bonchev–Trinajstić information content (AvgIpc) is 3.22. The van der Waals surface area contributed by atoms with Crippen LogP contribution >= 0.6 is 23.2 Å². The summed E-state index contributed by atoms with van der Waals surface area (Å²) in [4.78, 5) is 12.7. The number of carbonyl (C=O) groups excluding carboxylic acids is 1. The molecule has 11 heteroatoms. The molecule has 180 valence electrons. The third-order valence-electron chi connectivity index (χ3n) is 4.68. The Morgan fingerprint density at radius 2 is 1.88 bits per heavy atom. The van der Waals surface area contributed by atoms with E-state index in [0.717, 1.165) is 10.6 Å². The normalized spacial score (nSPS) is 12.5. The van der Waals surface area contributed by atoms with Gasteiger partial charge in [0.05, 0.1) is 29.8 Å². The molecule has 8 nitrogen and oxygen atoms in total. The summed E-state index contributed by atoms with van der Waals surface area (Å²) in [7, 11) is -3.76. The molecular weight excluding hydrogens is 501 g/mol. The van der Waals surface area contributed by atoms with E-state index in [1.54, 1.807) is 54.6 Å². The van der Waals surface area contributed by atoms with Gasteiger partial charge < -0.3 is 9.15 Å². The van der Waals surface area contributed by atoms with E-state index in [0.29, 0.717) is 45.2 Å². The standard InChI is InChI=1S/C23H23Cl2N3O5S/c1-4-32-18-8-6-17(7-9-18)28(34(3,30)31)15(2)23(29)27-26-14-19-10-12-22(33-19)20-11-5-16(24)13-21(20)25/h5-15H,4H2,1-3H3,(H,27,29)/b26-14-/t15-/m1/s1. The number of hydrazone groups is 1. The fourth-order valence-electron chi connectivity index (χ4n) is 3.17. The molecule has 1 amide bonds. The molecule has 1 heterocycles. The highest BCUT2D eigenvalue weighted by atomic mass is 35.5. The van der Waals surface area contributed by atoms with Crippen LogP contribution in [-0.2, 0) is 14.8 Å². The molecule has 1 N–H and O–H groups in total. The van der Waals surface area contributed by atoms with Gasteiger partial charge >= 0.3 is 0 Å². The molecule has 0 aliphatic rings. The lowest BCUT2D eigenvalue weighted by Crippen LogP contribution is -2.46. The zero-order valence-electron chi connectivity index (χ0n) is 18.7. The number of hydrogen-bond donors (Lipinski definition) is 1. The van der Waals surface area contributed by atoms with Crippen LogP contribution < -0.4 is 14.5 Å². The molecule has 0 fully saturated rings. The number of nitrogens with zero attached hydrogens (tertiary/aromatic N) is 2. The molecule has 0 spiro atoms. The Hall–Kier alpha value is -3.01. The Balaban J connectivity index is 1.70. The average molecular weight is 524 g/mol. The van der Waals surface area contributed by atoms with Gasteiger partial charge in [0.1, 0.15) is 23.3 Å². The van der Waals surface area contributed by atoms with Gasteiger partial charge in [-0.3, -0.25) is 9.10 Å². The highest BCUT2D eigenvalue weighted by molar-refractivity contribution is 7.92. The van der Waals surface area contributed by atoms with Crippen molar-refractivity contribution in [2.24, 2.45) is 5.10 Å².